The smallest absolute Gasteiger partial charge is 0.333 e. The number of Topliss-reactive ketones (excluding diaryl/α,β-unsaturated/α-hetero) is 1. The van der Waals surface area contributed by atoms with Crippen LogP contribution in [0.5, 0.6) is 0 Å². The summed E-state index contributed by atoms with van der Waals surface area (Å²) in [5.74, 6) is -0.552. The average Bonchev–Trinajstić information content (AvgIpc) is 2.91. The number of nitrogens with zero attached hydrogens (tertiary/aromatic N) is 2. The third-order valence-electron chi connectivity index (χ3n) is 6.01. The number of rotatable bonds is 4. The summed E-state index contributed by atoms with van der Waals surface area (Å²) in [6.45, 7) is 5.38. The number of hydrogen-bond acceptors (Lipinski definition) is 5. The highest BCUT2D eigenvalue weighted by atomic mass is 16.5. The molecule has 1 saturated heterocycles. The van der Waals surface area contributed by atoms with Gasteiger partial charge in [0, 0.05) is 38.4 Å². The maximum atomic E-state index is 13.1. The number of imidazole rings is 1. The first-order valence-electron chi connectivity index (χ1n) is 10.3. The minimum atomic E-state index is -0.533. The quantitative estimate of drug-likeness (QED) is 0.799. The largest absolute Gasteiger partial charge is 0.381 e. The first-order chi connectivity index (χ1) is 14.2. The summed E-state index contributed by atoms with van der Waals surface area (Å²) in [5, 5.41) is 3.40. The molecule has 8 heteroatoms. The van der Waals surface area contributed by atoms with Crippen molar-refractivity contribution in [2.45, 2.75) is 45.6 Å². The van der Waals surface area contributed by atoms with Gasteiger partial charge in [0.15, 0.2) is 5.78 Å². The van der Waals surface area contributed by atoms with Crippen LogP contribution in [-0.2, 0) is 18.2 Å². The molecular weight excluding hydrogens is 384 g/mol. The first kappa shape index (κ1) is 20.4. The molecule has 2 heterocycles. The van der Waals surface area contributed by atoms with E-state index >= 15 is 0 Å². The Labute approximate surface area is 175 Å². The summed E-state index contributed by atoms with van der Waals surface area (Å²) in [6, 6.07) is 5.29. The van der Waals surface area contributed by atoms with Crippen molar-refractivity contribution < 1.29 is 14.3 Å². The van der Waals surface area contributed by atoms with Crippen molar-refractivity contribution in [3.8, 4) is 5.69 Å². The predicted molar refractivity (Wildman–Crippen MR) is 113 cm³/mol. The fourth-order valence-corrected chi connectivity index (χ4v) is 4.54. The number of nitrogens with one attached hydrogen (secondary N) is 1. The summed E-state index contributed by atoms with van der Waals surface area (Å²) in [5.41, 5.74) is 7.86. The molecule has 0 bridgehead atoms. The number of carbonyl (C=O) groups is 2. The second-order valence-corrected chi connectivity index (χ2v) is 9.04. The number of benzene rings is 1. The molecule has 1 aromatic carbocycles. The van der Waals surface area contributed by atoms with E-state index in [-0.39, 0.29) is 22.9 Å². The predicted octanol–water partition coefficient (Wildman–Crippen LogP) is 2.02. The molecule has 1 aliphatic carbocycles. The van der Waals surface area contributed by atoms with Gasteiger partial charge >= 0.3 is 5.69 Å². The maximum Gasteiger partial charge on any atom is 0.333 e. The topological polar surface area (TPSA) is 108 Å². The second kappa shape index (κ2) is 7.43. The van der Waals surface area contributed by atoms with E-state index in [1.165, 1.54) is 4.57 Å². The third-order valence-corrected chi connectivity index (χ3v) is 6.01. The molecule has 1 aromatic heterocycles. The van der Waals surface area contributed by atoms with Crippen LogP contribution in [-0.4, -0.2) is 40.1 Å². The maximum absolute atomic E-state index is 13.1. The van der Waals surface area contributed by atoms with Crippen LogP contribution in [0.4, 0.5) is 5.69 Å². The summed E-state index contributed by atoms with van der Waals surface area (Å²) in [4.78, 5) is 37.8. The Morgan fingerprint density at radius 2 is 1.90 bits per heavy atom. The van der Waals surface area contributed by atoms with Gasteiger partial charge in [0.2, 0.25) is 0 Å². The fraction of sp³-hybridized carbons (Fsp3) is 0.500. The Morgan fingerprint density at radius 1 is 1.20 bits per heavy atom. The van der Waals surface area contributed by atoms with Crippen LogP contribution in [0.15, 0.2) is 23.0 Å². The van der Waals surface area contributed by atoms with Gasteiger partial charge in [0.05, 0.1) is 16.9 Å². The molecule has 30 heavy (non-hydrogen) atoms. The number of carbonyl (C=O) groups excluding carboxylic acids is 2. The number of primary amides is 1. The van der Waals surface area contributed by atoms with Crippen LogP contribution in [0.25, 0.3) is 5.69 Å². The van der Waals surface area contributed by atoms with Crippen molar-refractivity contribution in [1.82, 2.24) is 9.13 Å². The van der Waals surface area contributed by atoms with Gasteiger partial charge in [0.25, 0.3) is 5.91 Å². The van der Waals surface area contributed by atoms with Crippen molar-refractivity contribution in [3.63, 3.8) is 0 Å². The number of amides is 1. The van der Waals surface area contributed by atoms with E-state index in [0.29, 0.717) is 54.4 Å². The number of ketones is 1. The number of fused-ring (bicyclic) bond motifs is 1. The lowest BCUT2D eigenvalue weighted by molar-refractivity contribution is 0.0898. The summed E-state index contributed by atoms with van der Waals surface area (Å²) in [6.07, 6.45) is 2.68. The molecule has 1 amide bonds. The number of hydrogen-bond donors (Lipinski definition) is 2. The average molecular weight is 412 g/mol. The van der Waals surface area contributed by atoms with Crippen LogP contribution < -0.4 is 16.7 Å². The molecular formula is C22H28N4O4. The number of nitrogens with two attached hydrogens (primary N) is 1. The van der Waals surface area contributed by atoms with Crippen LogP contribution >= 0.6 is 0 Å². The van der Waals surface area contributed by atoms with Gasteiger partial charge in [0.1, 0.15) is 5.69 Å². The van der Waals surface area contributed by atoms with E-state index in [1.54, 1.807) is 29.8 Å². The molecule has 8 nitrogen and oxygen atoms in total. The molecule has 160 valence electrons. The Balaban J connectivity index is 1.83. The van der Waals surface area contributed by atoms with Crippen molar-refractivity contribution in [2.24, 2.45) is 18.2 Å². The SMILES string of the molecule is Cn1c2c(n(-c3ccc(C(N)=O)c(NC4CCOCC4)c3)c1=O)CC(C)(C)CC2=O. The highest BCUT2D eigenvalue weighted by Crippen LogP contribution is 2.35. The van der Waals surface area contributed by atoms with Crippen LogP contribution in [0.1, 0.15) is 59.7 Å². The Bertz CT molecular complexity index is 1070. The summed E-state index contributed by atoms with van der Waals surface area (Å²) >= 11 is 0. The van der Waals surface area contributed by atoms with Crippen molar-refractivity contribution in [2.75, 3.05) is 18.5 Å². The van der Waals surface area contributed by atoms with E-state index in [0.717, 1.165) is 12.8 Å². The number of aromatic nitrogens is 2. The van der Waals surface area contributed by atoms with E-state index in [4.69, 9.17) is 10.5 Å². The van der Waals surface area contributed by atoms with Gasteiger partial charge in [-0.1, -0.05) is 13.8 Å². The lowest BCUT2D eigenvalue weighted by Gasteiger charge is -2.29. The minimum Gasteiger partial charge on any atom is -0.381 e. The van der Waals surface area contributed by atoms with Crippen molar-refractivity contribution >= 4 is 17.4 Å². The van der Waals surface area contributed by atoms with E-state index < -0.39 is 5.91 Å². The number of anilines is 1. The molecule has 0 unspecified atom stereocenters. The highest BCUT2D eigenvalue weighted by Gasteiger charge is 2.36. The normalized spacial score (nSPS) is 18.8. The van der Waals surface area contributed by atoms with Crippen molar-refractivity contribution in [1.29, 1.82) is 0 Å². The Morgan fingerprint density at radius 3 is 2.57 bits per heavy atom. The molecule has 2 aliphatic rings. The minimum absolute atomic E-state index is 0.0195. The van der Waals surface area contributed by atoms with E-state index in [1.807, 2.05) is 13.8 Å². The standard InChI is InChI=1S/C22H28N4O4/c1-22(2)11-17-19(18(27)12-22)25(3)21(29)26(17)14-4-5-15(20(23)28)16(10-14)24-13-6-8-30-9-7-13/h4-5,10,13,24H,6-9,11-12H2,1-3H3,(H2,23,28). The monoisotopic (exact) mass is 412 g/mol. The Kier molecular flexibility index (Phi) is 5.05. The zero-order valence-corrected chi connectivity index (χ0v) is 17.7. The van der Waals surface area contributed by atoms with Gasteiger partial charge in [-0.3, -0.25) is 18.7 Å². The molecule has 0 radical (unpaired) electrons. The highest BCUT2D eigenvalue weighted by molar-refractivity contribution is 5.99. The number of ether oxygens (including phenoxy) is 1. The zero-order valence-electron chi connectivity index (χ0n) is 17.7. The van der Waals surface area contributed by atoms with Crippen LogP contribution in [0.3, 0.4) is 0 Å². The van der Waals surface area contributed by atoms with Gasteiger partial charge in [-0.05, 0) is 42.9 Å². The van der Waals surface area contributed by atoms with E-state index in [9.17, 15) is 14.4 Å². The van der Waals surface area contributed by atoms with Gasteiger partial charge < -0.3 is 15.8 Å². The van der Waals surface area contributed by atoms with Crippen LogP contribution in [0, 0.1) is 5.41 Å². The lowest BCUT2D eigenvalue weighted by Crippen LogP contribution is -2.30. The molecule has 1 aliphatic heterocycles. The van der Waals surface area contributed by atoms with Gasteiger partial charge in [-0.15, -0.1) is 0 Å². The van der Waals surface area contributed by atoms with E-state index in [2.05, 4.69) is 5.32 Å². The van der Waals surface area contributed by atoms with Gasteiger partial charge in [-0.2, -0.15) is 0 Å². The molecule has 1 fully saturated rings. The molecule has 0 spiro atoms. The summed E-state index contributed by atoms with van der Waals surface area (Å²) < 4.78 is 8.43. The Hall–Kier alpha value is -2.87. The molecule has 0 atom stereocenters. The van der Waals surface area contributed by atoms with Crippen molar-refractivity contribution in [3.05, 3.63) is 45.6 Å². The van der Waals surface area contributed by atoms with Crippen LogP contribution in [0.2, 0.25) is 0 Å². The zero-order chi connectivity index (χ0) is 21.6. The van der Waals surface area contributed by atoms with Gasteiger partial charge in [-0.25, -0.2) is 4.79 Å². The summed E-state index contributed by atoms with van der Waals surface area (Å²) in [7, 11) is 1.63. The lowest BCUT2D eigenvalue weighted by atomic mass is 9.77. The first-order valence-corrected chi connectivity index (χ1v) is 10.3. The molecule has 0 saturated carbocycles. The molecule has 3 N–H and O–H groups in total. The molecule has 2 aromatic rings. The molecule has 4 rings (SSSR count). The second-order valence-electron chi connectivity index (χ2n) is 9.04. The fourth-order valence-electron chi connectivity index (χ4n) is 4.54. The third kappa shape index (κ3) is 3.56.